The average Bonchev–Trinajstić information content (AvgIpc) is 3.60. The summed E-state index contributed by atoms with van der Waals surface area (Å²) in [5.41, 5.74) is 5.84. The van der Waals surface area contributed by atoms with E-state index in [-0.39, 0.29) is 5.56 Å². The Morgan fingerprint density at radius 2 is 1.77 bits per heavy atom. The highest BCUT2D eigenvalue weighted by Crippen LogP contribution is 2.26. The van der Waals surface area contributed by atoms with Gasteiger partial charge in [-0.3, -0.25) is 15.0 Å². The molecule has 1 aromatic carbocycles. The molecule has 35 heavy (non-hydrogen) atoms. The van der Waals surface area contributed by atoms with Crippen LogP contribution in [-0.2, 0) is 20.0 Å². The predicted octanol–water partition coefficient (Wildman–Crippen LogP) is 3.07. The number of aromatic amines is 2. The van der Waals surface area contributed by atoms with Crippen LogP contribution in [0.2, 0.25) is 0 Å². The Kier molecular flexibility index (Phi) is 4.10. The van der Waals surface area contributed by atoms with E-state index in [1.807, 2.05) is 48.0 Å². The van der Waals surface area contributed by atoms with E-state index in [1.165, 1.54) is 4.68 Å². The lowest BCUT2D eigenvalue weighted by Crippen LogP contribution is -2.24. The molecule has 0 aliphatic heterocycles. The first-order chi connectivity index (χ1) is 17.2. The van der Waals surface area contributed by atoms with Gasteiger partial charge in [0.25, 0.3) is 5.56 Å². The number of nitrogens with zero attached hydrogens (tertiary/aromatic N) is 7. The second-order valence-electron chi connectivity index (χ2n) is 8.63. The third-order valence-corrected chi connectivity index (χ3v) is 6.61. The fourth-order valence-electron chi connectivity index (χ4n) is 4.85. The largest absolute Gasteiger partial charge is 0.324 e. The molecule has 6 aromatic heterocycles. The minimum atomic E-state index is -0.153. The molecule has 7 rings (SSSR count). The first-order valence-corrected chi connectivity index (χ1v) is 11.2. The van der Waals surface area contributed by atoms with Gasteiger partial charge in [0, 0.05) is 46.9 Å². The molecular weight excluding hydrogens is 442 g/mol. The number of H-pyrrole nitrogens is 2. The number of rotatable bonds is 4. The third-order valence-electron chi connectivity index (χ3n) is 6.61. The zero-order valence-corrected chi connectivity index (χ0v) is 18.7. The minimum absolute atomic E-state index is 0.153. The second-order valence-corrected chi connectivity index (χ2v) is 8.63. The van der Waals surface area contributed by atoms with E-state index >= 15 is 0 Å². The maximum Gasteiger partial charge on any atom is 0.291 e. The van der Waals surface area contributed by atoms with E-state index in [9.17, 15) is 4.79 Å². The summed E-state index contributed by atoms with van der Waals surface area (Å²) in [6.45, 7) is 0.356. The van der Waals surface area contributed by atoms with Gasteiger partial charge in [0.1, 0.15) is 11.2 Å². The van der Waals surface area contributed by atoms with Crippen LogP contribution in [0.5, 0.6) is 0 Å². The van der Waals surface area contributed by atoms with Gasteiger partial charge in [-0.1, -0.05) is 12.1 Å². The van der Waals surface area contributed by atoms with E-state index in [2.05, 4.69) is 30.5 Å². The molecule has 0 spiro atoms. The highest BCUT2D eigenvalue weighted by molar-refractivity contribution is 6.05. The zero-order valence-electron chi connectivity index (χ0n) is 18.7. The van der Waals surface area contributed by atoms with Gasteiger partial charge in [-0.15, -0.1) is 0 Å². The van der Waals surface area contributed by atoms with E-state index in [1.54, 1.807) is 24.8 Å². The van der Waals surface area contributed by atoms with E-state index in [4.69, 9.17) is 4.98 Å². The summed E-state index contributed by atoms with van der Waals surface area (Å²) in [5, 5.41) is 22.2. The summed E-state index contributed by atoms with van der Waals surface area (Å²) < 4.78 is 3.36. The Hall–Kier alpha value is -4.86. The van der Waals surface area contributed by atoms with Crippen molar-refractivity contribution in [2.24, 2.45) is 7.05 Å². The van der Waals surface area contributed by atoms with Crippen LogP contribution in [0.3, 0.4) is 0 Å². The predicted molar refractivity (Wildman–Crippen MR) is 132 cm³/mol. The molecule has 0 bridgehead atoms. The quantitative estimate of drug-likeness (QED) is 0.415. The molecular formula is C25H19N9O. The van der Waals surface area contributed by atoms with Gasteiger partial charge < -0.3 is 4.57 Å². The number of nitrogens with one attached hydrogen (secondary N) is 2. The normalized spacial score (nSPS) is 11.9. The van der Waals surface area contributed by atoms with Crippen molar-refractivity contribution >= 4 is 43.9 Å². The molecule has 0 atom stereocenters. The molecule has 0 amide bonds. The summed E-state index contributed by atoms with van der Waals surface area (Å²) in [4.78, 5) is 22.7. The Bertz CT molecular complexity index is 1960. The van der Waals surface area contributed by atoms with Crippen LogP contribution < -0.4 is 5.56 Å². The van der Waals surface area contributed by atoms with Crippen LogP contribution in [0.4, 0.5) is 0 Å². The van der Waals surface area contributed by atoms with Crippen molar-refractivity contribution in [3.05, 3.63) is 88.4 Å². The number of pyridine rings is 2. The summed E-state index contributed by atoms with van der Waals surface area (Å²) in [6, 6.07) is 11.9. The van der Waals surface area contributed by atoms with Crippen LogP contribution >= 0.6 is 0 Å². The van der Waals surface area contributed by atoms with Gasteiger partial charge in [0.2, 0.25) is 0 Å². The van der Waals surface area contributed by atoms with Gasteiger partial charge in [-0.25, -0.2) is 14.6 Å². The summed E-state index contributed by atoms with van der Waals surface area (Å²) in [7, 11) is 1.88. The van der Waals surface area contributed by atoms with Crippen molar-refractivity contribution in [1.82, 2.24) is 44.7 Å². The topological polar surface area (TPSA) is 123 Å². The first kappa shape index (κ1) is 19.6. The van der Waals surface area contributed by atoms with Gasteiger partial charge in [-0.05, 0) is 35.4 Å². The second kappa shape index (κ2) is 7.32. The van der Waals surface area contributed by atoms with E-state index < -0.39 is 0 Å². The molecule has 7 aromatic rings. The Morgan fingerprint density at radius 1 is 0.886 bits per heavy atom. The number of benzene rings is 1. The molecule has 10 heteroatoms. The van der Waals surface area contributed by atoms with Crippen LogP contribution in [0.1, 0.15) is 16.8 Å². The van der Waals surface area contributed by atoms with Crippen LogP contribution in [0.25, 0.3) is 43.9 Å². The van der Waals surface area contributed by atoms with Crippen molar-refractivity contribution in [2.75, 3.05) is 0 Å². The minimum Gasteiger partial charge on any atom is -0.324 e. The Labute approximate surface area is 197 Å². The van der Waals surface area contributed by atoms with Gasteiger partial charge in [0.05, 0.1) is 30.7 Å². The molecule has 6 heterocycles. The fourth-order valence-corrected chi connectivity index (χ4v) is 4.85. The molecule has 10 nitrogen and oxygen atoms in total. The van der Waals surface area contributed by atoms with Crippen molar-refractivity contribution in [3.63, 3.8) is 0 Å². The fraction of sp³-hybridized carbons (Fsp3) is 0.120. The van der Waals surface area contributed by atoms with Gasteiger partial charge >= 0.3 is 0 Å². The van der Waals surface area contributed by atoms with Crippen LogP contribution in [0, 0.1) is 0 Å². The Balaban J connectivity index is 1.32. The lowest BCUT2D eigenvalue weighted by atomic mass is 10.1. The van der Waals surface area contributed by atoms with Crippen molar-refractivity contribution in [1.29, 1.82) is 0 Å². The maximum atomic E-state index is 13.5. The average molecular weight is 461 g/mol. The maximum absolute atomic E-state index is 13.5. The molecule has 0 saturated carbocycles. The highest BCUT2D eigenvalue weighted by Gasteiger charge is 2.17. The molecule has 0 aliphatic rings. The van der Waals surface area contributed by atoms with Gasteiger partial charge in [0.15, 0.2) is 5.65 Å². The molecule has 2 N–H and O–H groups in total. The van der Waals surface area contributed by atoms with Crippen LogP contribution in [0.15, 0.2) is 66.0 Å². The molecule has 0 saturated heterocycles. The lowest BCUT2D eigenvalue weighted by Gasteiger charge is -2.06. The summed E-state index contributed by atoms with van der Waals surface area (Å²) in [5.74, 6) is 0. The number of hydrogen-bond donors (Lipinski definition) is 2. The monoisotopic (exact) mass is 461 g/mol. The molecule has 0 unspecified atom stereocenters. The van der Waals surface area contributed by atoms with Crippen molar-refractivity contribution < 1.29 is 0 Å². The molecule has 0 radical (unpaired) electrons. The Morgan fingerprint density at radius 3 is 2.71 bits per heavy atom. The van der Waals surface area contributed by atoms with E-state index in [0.29, 0.717) is 18.5 Å². The molecule has 170 valence electrons. The SMILES string of the molecule is Cn1c2nc(Cc3ccnc4[nH]ncc34)ccc2c2cnn(Cc3cccc4[nH]ncc34)c(=O)c21. The zero-order chi connectivity index (χ0) is 23.5. The number of aryl methyl sites for hydroxylation is 1. The third kappa shape index (κ3) is 2.96. The summed E-state index contributed by atoms with van der Waals surface area (Å²) >= 11 is 0. The highest BCUT2D eigenvalue weighted by atomic mass is 16.1. The smallest absolute Gasteiger partial charge is 0.291 e. The molecule has 0 aliphatic carbocycles. The van der Waals surface area contributed by atoms with Crippen LogP contribution in [-0.4, -0.2) is 44.7 Å². The van der Waals surface area contributed by atoms with E-state index in [0.717, 1.165) is 55.2 Å². The lowest BCUT2D eigenvalue weighted by molar-refractivity contribution is 0.647. The van der Waals surface area contributed by atoms with Crippen molar-refractivity contribution in [2.45, 2.75) is 13.0 Å². The standard InChI is InChI=1S/C25H19N9O/c1-33-22-20(12-29-34(25(22)35)13-15-3-2-4-21-18(15)10-27-31-21)17-6-5-16(30-24(17)33)9-14-7-8-26-23-19(14)11-28-32-23/h2-8,10-12H,9,13H2,1H3,(H,27,31)(H,26,28,32). The van der Waals surface area contributed by atoms with Crippen molar-refractivity contribution in [3.8, 4) is 0 Å². The van der Waals surface area contributed by atoms with Gasteiger partial charge in [-0.2, -0.15) is 15.3 Å². The number of hydrogen-bond acceptors (Lipinski definition) is 6. The number of aromatic nitrogens is 9. The number of fused-ring (bicyclic) bond motifs is 5. The molecule has 0 fully saturated rings. The first-order valence-electron chi connectivity index (χ1n) is 11.2. The summed E-state index contributed by atoms with van der Waals surface area (Å²) in [6.07, 6.45) is 7.71.